The Morgan fingerprint density at radius 2 is 1.96 bits per heavy atom. The molecule has 1 atom stereocenters. The molecule has 0 unspecified atom stereocenters. The molecule has 1 saturated heterocycles. The summed E-state index contributed by atoms with van der Waals surface area (Å²) in [5, 5.41) is 13.0. The highest BCUT2D eigenvalue weighted by molar-refractivity contribution is 7.88. The van der Waals surface area contributed by atoms with Gasteiger partial charge in [0.05, 0.1) is 18.4 Å². The predicted molar refractivity (Wildman–Crippen MR) is 104 cm³/mol. The van der Waals surface area contributed by atoms with Crippen molar-refractivity contribution in [3.8, 4) is 0 Å². The molecule has 8 heteroatoms. The fraction of sp³-hybridized carbons (Fsp3) is 0.611. The summed E-state index contributed by atoms with van der Waals surface area (Å²) in [5.74, 6) is 0.778. The van der Waals surface area contributed by atoms with E-state index in [1.165, 1.54) is 0 Å². The Hall–Kier alpha value is -1.64. The summed E-state index contributed by atoms with van der Waals surface area (Å²) in [6.07, 6.45) is 0.470. The van der Waals surface area contributed by atoms with Gasteiger partial charge in [-0.25, -0.2) is 18.1 Å². The van der Waals surface area contributed by atoms with E-state index in [-0.39, 0.29) is 17.9 Å². The molecule has 1 aliphatic heterocycles. The number of sulfonamides is 1. The lowest BCUT2D eigenvalue weighted by Crippen LogP contribution is -2.40. The average molecular weight is 383 g/mol. The van der Waals surface area contributed by atoms with Crippen molar-refractivity contribution in [2.45, 2.75) is 51.6 Å². The van der Waals surface area contributed by atoms with Gasteiger partial charge in [0.25, 0.3) is 0 Å². The van der Waals surface area contributed by atoms with E-state index in [0.717, 1.165) is 36.6 Å². The zero-order valence-corrected chi connectivity index (χ0v) is 16.6. The van der Waals surface area contributed by atoms with Crippen LogP contribution in [0.25, 0.3) is 0 Å². The number of β-amino-alcohol motifs (C(OH)–C–C–N with tert-alkyl or cyclic N) is 1. The van der Waals surface area contributed by atoms with Crippen molar-refractivity contribution in [3.05, 3.63) is 35.4 Å². The summed E-state index contributed by atoms with van der Waals surface area (Å²) < 4.78 is 26.6. The standard InChI is InChI=1S/C18H30N4O3S/c1-4-19-18(22-10-9-17(23)12-22)20-11-15-5-7-16(8-6-15)13-26(24,25)21-14(2)3/h5-8,14,17,21,23H,4,9-13H2,1-3H3,(H,19,20)/t17-/m1/s1. The highest BCUT2D eigenvalue weighted by atomic mass is 32.2. The minimum atomic E-state index is -3.31. The van der Waals surface area contributed by atoms with Crippen LogP contribution in [0.1, 0.15) is 38.3 Å². The normalized spacial score (nSPS) is 18.6. The van der Waals surface area contributed by atoms with Crippen LogP contribution in [0, 0.1) is 0 Å². The molecule has 0 spiro atoms. The molecule has 1 aromatic rings. The molecule has 0 radical (unpaired) electrons. The van der Waals surface area contributed by atoms with Gasteiger partial charge in [-0.15, -0.1) is 0 Å². The number of aliphatic hydroxyl groups excluding tert-OH is 1. The summed E-state index contributed by atoms with van der Waals surface area (Å²) in [5.41, 5.74) is 1.76. The van der Waals surface area contributed by atoms with Gasteiger partial charge in [0.2, 0.25) is 10.0 Å². The first-order valence-corrected chi connectivity index (χ1v) is 10.7. The summed E-state index contributed by atoms with van der Waals surface area (Å²) in [7, 11) is -3.31. The maximum Gasteiger partial charge on any atom is 0.216 e. The molecule has 1 aromatic carbocycles. The summed E-state index contributed by atoms with van der Waals surface area (Å²) in [6, 6.07) is 7.37. The number of aliphatic hydroxyl groups is 1. The third-order valence-corrected chi connectivity index (χ3v) is 5.55. The van der Waals surface area contributed by atoms with Crippen molar-refractivity contribution >= 4 is 16.0 Å². The second-order valence-electron chi connectivity index (χ2n) is 6.91. The maximum absolute atomic E-state index is 12.0. The molecule has 1 aliphatic rings. The number of guanidine groups is 1. The van der Waals surface area contributed by atoms with Crippen LogP contribution in [0.2, 0.25) is 0 Å². The molecule has 7 nitrogen and oxygen atoms in total. The molecule has 0 amide bonds. The van der Waals surface area contributed by atoms with Crippen LogP contribution in [0.4, 0.5) is 0 Å². The third kappa shape index (κ3) is 6.59. The van der Waals surface area contributed by atoms with Crippen molar-refractivity contribution < 1.29 is 13.5 Å². The third-order valence-electron chi connectivity index (χ3n) is 4.00. The number of aliphatic imine (C=N–C) groups is 1. The van der Waals surface area contributed by atoms with Gasteiger partial charge in [0.1, 0.15) is 0 Å². The topological polar surface area (TPSA) is 94.0 Å². The van der Waals surface area contributed by atoms with E-state index in [1.807, 2.05) is 31.2 Å². The minimum absolute atomic E-state index is 0.0248. The van der Waals surface area contributed by atoms with Crippen molar-refractivity contribution in [2.24, 2.45) is 4.99 Å². The Kier molecular flexibility index (Phi) is 7.43. The van der Waals surface area contributed by atoms with Gasteiger partial charge in [0.15, 0.2) is 5.96 Å². The van der Waals surface area contributed by atoms with Gasteiger partial charge >= 0.3 is 0 Å². The largest absolute Gasteiger partial charge is 0.391 e. The van der Waals surface area contributed by atoms with Crippen molar-refractivity contribution in [3.63, 3.8) is 0 Å². The predicted octanol–water partition coefficient (Wildman–Crippen LogP) is 1.05. The molecule has 26 heavy (non-hydrogen) atoms. The number of rotatable bonds is 7. The molecule has 1 heterocycles. The average Bonchev–Trinajstić information content (AvgIpc) is 2.97. The van der Waals surface area contributed by atoms with E-state index in [0.29, 0.717) is 13.1 Å². The highest BCUT2D eigenvalue weighted by Crippen LogP contribution is 2.12. The first-order valence-electron chi connectivity index (χ1n) is 9.08. The van der Waals surface area contributed by atoms with E-state index in [9.17, 15) is 13.5 Å². The Bertz CT molecular complexity index is 702. The van der Waals surface area contributed by atoms with E-state index in [1.54, 1.807) is 13.8 Å². The second kappa shape index (κ2) is 9.34. The Balaban J connectivity index is 1.99. The van der Waals surface area contributed by atoms with Gasteiger partial charge in [-0.1, -0.05) is 24.3 Å². The van der Waals surface area contributed by atoms with Gasteiger partial charge in [-0.2, -0.15) is 0 Å². The highest BCUT2D eigenvalue weighted by Gasteiger charge is 2.22. The Morgan fingerprint density at radius 3 is 2.50 bits per heavy atom. The first kappa shape index (κ1) is 20.7. The molecular formula is C18H30N4O3S. The van der Waals surface area contributed by atoms with Crippen LogP contribution in [0.3, 0.4) is 0 Å². The SMILES string of the molecule is CCNC(=NCc1ccc(CS(=O)(=O)NC(C)C)cc1)N1CC[C@@H](O)C1. The number of hydrogen-bond acceptors (Lipinski definition) is 4. The summed E-state index contributed by atoms with van der Waals surface area (Å²) >= 11 is 0. The van der Waals surface area contributed by atoms with Gasteiger partial charge < -0.3 is 15.3 Å². The maximum atomic E-state index is 12.0. The number of benzene rings is 1. The zero-order chi connectivity index (χ0) is 19.2. The molecule has 146 valence electrons. The Labute approximate surface area is 156 Å². The molecule has 0 aliphatic carbocycles. The van der Waals surface area contributed by atoms with Crippen molar-refractivity contribution in [2.75, 3.05) is 19.6 Å². The fourth-order valence-electron chi connectivity index (χ4n) is 2.89. The summed E-state index contributed by atoms with van der Waals surface area (Å²) in [6.45, 7) is 8.30. The molecule has 2 rings (SSSR count). The lowest BCUT2D eigenvalue weighted by molar-refractivity contribution is 0.188. The van der Waals surface area contributed by atoms with Crippen LogP contribution in [-0.2, 0) is 22.3 Å². The van der Waals surface area contributed by atoms with Gasteiger partial charge in [-0.3, -0.25) is 0 Å². The molecule has 0 bridgehead atoms. The number of nitrogens with one attached hydrogen (secondary N) is 2. The van der Waals surface area contributed by atoms with Gasteiger partial charge in [-0.05, 0) is 38.3 Å². The molecular weight excluding hydrogens is 352 g/mol. The van der Waals surface area contributed by atoms with E-state index < -0.39 is 10.0 Å². The number of hydrogen-bond donors (Lipinski definition) is 3. The zero-order valence-electron chi connectivity index (χ0n) is 15.8. The van der Waals surface area contributed by atoms with E-state index in [4.69, 9.17) is 0 Å². The van der Waals surface area contributed by atoms with E-state index in [2.05, 4.69) is 19.9 Å². The second-order valence-corrected chi connectivity index (χ2v) is 8.66. The van der Waals surface area contributed by atoms with Crippen LogP contribution >= 0.6 is 0 Å². The lowest BCUT2D eigenvalue weighted by atomic mass is 10.1. The summed E-state index contributed by atoms with van der Waals surface area (Å²) in [4.78, 5) is 6.70. The molecule has 3 N–H and O–H groups in total. The minimum Gasteiger partial charge on any atom is -0.391 e. The number of likely N-dealkylation sites (tertiary alicyclic amines) is 1. The lowest BCUT2D eigenvalue weighted by Gasteiger charge is -2.20. The first-order chi connectivity index (χ1) is 12.3. The Morgan fingerprint density at radius 1 is 1.31 bits per heavy atom. The van der Waals surface area contributed by atoms with Crippen molar-refractivity contribution in [1.29, 1.82) is 0 Å². The van der Waals surface area contributed by atoms with Crippen LogP contribution in [0.5, 0.6) is 0 Å². The fourth-order valence-corrected chi connectivity index (χ4v) is 4.32. The van der Waals surface area contributed by atoms with E-state index >= 15 is 0 Å². The van der Waals surface area contributed by atoms with Crippen LogP contribution in [-0.4, -0.2) is 56.2 Å². The quantitative estimate of drug-likeness (QED) is 0.484. The van der Waals surface area contributed by atoms with Crippen LogP contribution < -0.4 is 10.0 Å². The van der Waals surface area contributed by atoms with Gasteiger partial charge in [0, 0.05) is 25.7 Å². The molecule has 0 saturated carbocycles. The number of nitrogens with zero attached hydrogens (tertiary/aromatic N) is 2. The molecule has 1 fully saturated rings. The smallest absolute Gasteiger partial charge is 0.216 e. The monoisotopic (exact) mass is 382 g/mol. The van der Waals surface area contributed by atoms with Crippen LogP contribution in [0.15, 0.2) is 29.3 Å². The van der Waals surface area contributed by atoms with Crippen molar-refractivity contribution in [1.82, 2.24) is 14.9 Å². The molecule has 0 aromatic heterocycles.